The second-order valence-electron chi connectivity index (χ2n) is 7.34. The summed E-state index contributed by atoms with van der Waals surface area (Å²) >= 11 is 1.66. The Balaban J connectivity index is 1.59. The molecule has 2 amide bonds. The van der Waals surface area contributed by atoms with Gasteiger partial charge in [-0.25, -0.2) is 4.79 Å². The molecule has 0 radical (unpaired) electrons. The molecule has 1 atom stereocenters. The summed E-state index contributed by atoms with van der Waals surface area (Å²) in [7, 11) is 0. The Labute approximate surface area is 185 Å². The Hall–Kier alpha value is -3.51. The molecule has 0 fully saturated rings. The molecule has 0 aliphatic carbocycles. The van der Waals surface area contributed by atoms with Crippen LogP contribution in [0.3, 0.4) is 0 Å². The summed E-state index contributed by atoms with van der Waals surface area (Å²) < 4.78 is 7.91. The normalized spacial score (nSPS) is 15.0. The maximum absolute atomic E-state index is 13.7. The highest BCUT2D eigenvalue weighted by Gasteiger charge is 2.33. The molecular formula is C25H23N3O2S. The summed E-state index contributed by atoms with van der Waals surface area (Å²) in [5, 5.41) is 5.15. The summed E-state index contributed by atoms with van der Waals surface area (Å²) in [6, 6.07) is 23.7. The van der Waals surface area contributed by atoms with Crippen LogP contribution in [-0.2, 0) is 6.54 Å². The van der Waals surface area contributed by atoms with Crippen molar-refractivity contribution in [2.75, 3.05) is 11.9 Å². The number of anilines is 1. The summed E-state index contributed by atoms with van der Waals surface area (Å²) in [4.78, 5) is 16.7. The lowest BCUT2D eigenvalue weighted by Gasteiger charge is -2.30. The monoisotopic (exact) mass is 429 g/mol. The van der Waals surface area contributed by atoms with E-state index in [9.17, 15) is 4.79 Å². The van der Waals surface area contributed by atoms with Gasteiger partial charge in [-0.1, -0.05) is 36.4 Å². The Kier molecular flexibility index (Phi) is 5.22. The van der Waals surface area contributed by atoms with Gasteiger partial charge in [-0.05, 0) is 54.3 Å². The van der Waals surface area contributed by atoms with Crippen LogP contribution in [0.25, 0.3) is 5.69 Å². The van der Waals surface area contributed by atoms with Crippen LogP contribution >= 0.6 is 11.3 Å². The highest BCUT2D eigenvalue weighted by molar-refractivity contribution is 7.10. The van der Waals surface area contributed by atoms with Gasteiger partial charge in [-0.3, -0.25) is 0 Å². The van der Waals surface area contributed by atoms with E-state index in [-0.39, 0.29) is 12.1 Å². The van der Waals surface area contributed by atoms with Crippen LogP contribution < -0.4 is 10.1 Å². The average Bonchev–Trinajstić information content (AvgIpc) is 3.46. The molecule has 5 nitrogen and oxygen atoms in total. The average molecular weight is 430 g/mol. The molecule has 4 aromatic rings. The fourth-order valence-corrected chi connectivity index (χ4v) is 4.97. The minimum Gasteiger partial charge on any atom is -0.492 e. The minimum absolute atomic E-state index is 0.157. The molecule has 1 aliphatic heterocycles. The number of hydrogen-bond donors (Lipinski definition) is 1. The van der Waals surface area contributed by atoms with E-state index in [0.29, 0.717) is 24.6 Å². The molecule has 2 aromatic heterocycles. The topological polar surface area (TPSA) is 46.5 Å². The number of benzene rings is 2. The van der Waals surface area contributed by atoms with Gasteiger partial charge < -0.3 is 19.5 Å². The number of carbonyl (C=O) groups is 1. The molecule has 3 heterocycles. The SMILES string of the molecule is CCOc1ccccc1NC(=O)N1Cc2ccccc2-n2cccc2[C@H]1c1cccs1. The zero-order valence-electron chi connectivity index (χ0n) is 17.2. The van der Waals surface area contributed by atoms with Crippen molar-refractivity contribution >= 4 is 23.1 Å². The molecule has 2 aromatic carbocycles. The van der Waals surface area contributed by atoms with Crippen molar-refractivity contribution in [3.05, 3.63) is 101 Å². The number of carbonyl (C=O) groups excluding carboxylic acids is 1. The largest absolute Gasteiger partial charge is 0.492 e. The number of para-hydroxylation sites is 3. The number of rotatable bonds is 4. The van der Waals surface area contributed by atoms with Crippen LogP contribution in [0.2, 0.25) is 0 Å². The van der Waals surface area contributed by atoms with Crippen LogP contribution in [0, 0.1) is 0 Å². The van der Waals surface area contributed by atoms with Crippen molar-refractivity contribution in [3.8, 4) is 11.4 Å². The Bertz CT molecular complexity index is 1200. The maximum atomic E-state index is 13.7. The first-order chi connectivity index (χ1) is 15.3. The number of nitrogens with zero attached hydrogens (tertiary/aromatic N) is 2. The fourth-order valence-electron chi connectivity index (χ4n) is 4.12. The predicted octanol–water partition coefficient (Wildman–Crippen LogP) is 6.07. The van der Waals surface area contributed by atoms with Crippen LogP contribution in [0.4, 0.5) is 10.5 Å². The van der Waals surface area contributed by atoms with E-state index in [2.05, 4.69) is 45.7 Å². The Morgan fingerprint density at radius 3 is 2.74 bits per heavy atom. The first-order valence-electron chi connectivity index (χ1n) is 10.3. The Morgan fingerprint density at radius 2 is 1.90 bits per heavy atom. The van der Waals surface area contributed by atoms with Crippen LogP contribution in [0.15, 0.2) is 84.4 Å². The fraction of sp³-hybridized carbons (Fsp3) is 0.160. The molecule has 31 heavy (non-hydrogen) atoms. The predicted molar refractivity (Wildman–Crippen MR) is 124 cm³/mol. The van der Waals surface area contributed by atoms with Crippen molar-refractivity contribution in [2.45, 2.75) is 19.5 Å². The zero-order valence-corrected chi connectivity index (χ0v) is 18.0. The second kappa shape index (κ2) is 8.32. The summed E-state index contributed by atoms with van der Waals surface area (Å²) in [6.07, 6.45) is 2.07. The number of thiophene rings is 1. The van der Waals surface area contributed by atoms with E-state index in [1.807, 2.05) is 60.4 Å². The summed E-state index contributed by atoms with van der Waals surface area (Å²) in [6.45, 7) is 2.98. The lowest BCUT2D eigenvalue weighted by atomic mass is 10.1. The lowest BCUT2D eigenvalue weighted by molar-refractivity contribution is 0.195. The zero-order chi connectivity index (χ0) is 21.2. The van der Waals surface area contributed by atoms with E-state index in [1.54, 1.807) is 11.3 Å². The molecule has 6 heteroatoms. The van der Waals surface area contributed by atoms with Gasteiger partial charge in [0.25, 0.3) is 0 Å². The molecule has 0 bridgehead atoms. The van der Waals surface area contributed by atoms with E-state index in [1.165, 1.54) is 0 Å². The number of aromatic nitrogens is 1. The van der Waals surface area contributed by atoms with Gasteiger partial charge in [0, 0.05) is 11.1 Å². The van der Waals surface area contributed by atoms with Crippen molar-refractivity contribution in [1.82, 2.24) is 9.47 Å². The molecule has 156 valence electrons. The maximum Gasteiger partial charge on any atom is 0.323 e. The number of nitrogens with one attached hydrogen (secondary N) is 1. The van der Waals surface area contributed by atoms with Crippen molar-refractivity contribution in [3.63, 3.8) is 0 Å². The highest BCUT2D eigenvalue weighted by atomic mass is 32.1. The van der Waals surface area contributed by atoms with Crippen LogP contribution in [-0.4, -0.2) is 22.1 Å². The number of amides is 2. The number of fused-ring (bicyclic) bond motifs is 3. The molecule has 1 aliphatic rings. The number of ether oxygens (including phenoxy) is 1. The van der Waals surface area contributed by atoms with E-state index in [4.69, 9.17) is 4.74 Å². The van der Waals surface area contributed by atoms with Crippen molar-refractivity contribution in [2.24, 2.45) is 0 Å². The van der Waals surface area contributed by atoms with Crippen molar-refractivity contribution < 1.29 is 9.53 Å². The third-order valence-corrected chi connectivity index (χ3v) is 6.39. The Morgan fingerprint density at radius 1 is 1.06 bits per heavy atom. The third kappa shape index (κ3) is 3.59. The standard InChI is InChI=1S/C25H23N3O2S/c1-2-30-22-13-6-4-10-19(22)26-25(29)28-17-18-9-3-5-11-20(18)27-15-7-12-21(27)24(28)23-14-8-16-31-23/h3-16,24H,2,17H2,1H3,(H,26,29)/t24-/m0/s1. The molecule has 0 saturated heterocycles. The van der Waals surface area contributed by atoms with Gasteiger partial charge in [0.15, 0.2) is 0 Å². The molecule has 0 unspecified atom stereocenters. The van der Waals surface area contributed by atoms with E-state index < -0.39 is 0 Å². The highest BCUT2D eigenvalue weighted by Crippen LogP contribution is 2.38. The molecule has 0 saturated carbocycles. The summed E-state index contributed by atoms with van der Waals surface area (Å²) in [5.41, 5.74) is 3.95. The van der Waals surface area contributed by atoms with Gasteiger partial charge in [0.05, 0.1) is 30.2 Å². The third-order valence-electron chi connectivity index (χ3n) is 5.47. The number of urea groups is 1. The minimum atomic E-state index is -0.193. The first kappa shape index (κ1) is 19.5. The smallest absolute Gasteiger partial charge is 0.323 e. The van der Waals surface area contributed by atoms with Gasteiger partial charge in [-0.2, -0.15) is 0 Å². The second-order valence-corrected chi connectivity index (χ2v) is 8.32. The van der Waals surface area contributed by atoms with Gasteiger partial charge in [-0.15, -0.1) is 11.3 Å². The molecule has 0 spiro atoms. The molecule has 1 N–H and O–H groups in total. The molecular weight excluding hydrogens is 406 g/mol. The van der Waals surface area contributed by atoms with E-state index >= 15 is 0 Å². The first-order valence-corrected chi connectivity index (χ1v) is 11.2. The quantitative estimate of drug-likeness (QED) is 0.428. The van der Waals surface area contributed by atoms with Crippen molar-refractivity contribution in [1.29, 1.82) is 0 Å². The summed E-state index contributed by atoms with van der Waals surface area (Å²) in [5.74, 6) is 0.671. The molecule has 5 rings (SSSR count). The van der Waals surface area contributed by atoms with Gasteiger partial charge in [0.2, 0.25) is 0 Å². The van der Waals surface area contributed by atoms with Gasteiger partial charge in [0.1, 0.15) is 11.8 Å². The van der Waals surface area contributed by atoms with E-state index in [0.717, 1.165) is 21.8 Å². The lowest BCUT2D eigenvalue weighted by Crippen LogP contribution is -2.37. The van der Waals surface area contributed by atoms with Gasteiger partial charge >= 0.3 is 6.03 Å². The van der Waals surface area contributed by atoms with Crippen LogP contribution in [0.5, 0.6) is 5.75 Å². The van der Waals surface area contributed by atoms with Crippen LogP contribution in [0.1, 0.15) is 29.1 Å². The number of hydrogen-bond acceptors (Lipinski definition) is 3.